The van der Waals surface area contributed by atoms with Gasteiger partial charge in [0.05, 0.1) is 23.0 Å². The lowest BCUT2D eigenvalue weighted by Crippen LogP contribution is -2.41. The molecule has 3 heterocycles. The number of fused-ring (bicyclic) bond motifs is 1. The predicted octanol–water partition coefficient (Wildman–Crippen LogP) is 5.13. The second kappa shape index (κ2) is 8.23. The van der Waals surface area contributed by atoms with Gasteiger partial charge in [-0.3, -0.25) is 4.79 Å². The first-order valence-corrected chi connectivity index (χ1v) is 10.4. The molecule has 0 spiro atoms. The standard InChI is InChI=1S/C23H22F4N6O/c1-12(22(2,3)4)31-21(34)14-8-28-20-19(14)32-16(9-29-20)17-10-33(11-30-17)18-7-13(23(25,26)27)5-6-15(18)24/h5-12H,1-4H3,(H,28,29)(H,31,34). The zero-order valence-electron chi connectivity index (χ0n) is 18.8. The molecule has 1 aromatic carbocycles. The van der Waals surface area contributed by atoms with Crippen molar-refractivity contribution in [2.45, 2.75) is 39.9 Å². The van der Waals surface area contributed by atoms with Crippen molar-refractivity contribution in [2.24, 2.45) is 5.41 Å². The highest BCUT2D eigenvalue weighted by molar-refractivity contribution is 6.04. The van der Waals surface area contributed by atoms with Gasteiger partial charge >= 0.3 is 6.18 Å². The number of amides is 1. The SMILES string of the molecule is CC(NC(=O)c1c[nH]c2ncc(-c3cn(-c4cc(C(F)(F)F)ccc4F)cn3)nc12)C(C)(C)C. The minimum absolute atomic E-state index is 0.112. The first kappa shape index (κ1) is 23.4. The van der Waals surface area contributed by atoms with Crippen LogP contribution in [-0.4, -0.2) is 36.5 Å². The van der Waals surface area contributed by atoms with Gasteiger partial charge in [0.15, 0.2) is 5.65 Å². The van der Waals surface area contributed by atoms with Crippen molar-refractivity contribution in [3.63, 3.8) is 0 Å². The average molecular weight is 474 g/mol. The highest BCUT2D eigenvalue weighted by Crippen LogP contribution is 2.32. The summed E-state index contributed by atoms with van der Waals surface area (Å²) in [7, 11) is 0. The van der Waals surface area contributed by atoms with Crippen LogP contribution in [0, 0.1) is 11.2 Å². The van der Waals surface area contributed by atoms with Crippen LogP contribution in [0.2, 0.25) is 0 Å². The Kier molecular flexibility index (Phi) is 5.66. The number of carbonyl (C=O) groups is 1. The molecule has 1 amide bonds. The number of carbonyl (C=O) groups excluding carboxylic acids is 1. The van der Waals surface area contributed by atoms with Crippen LogP contribution < -0.4 is 5.32 Å². The van der Waals surface area contributed by atoms with Gasteiger partial charge in [0, 0.05) is 18.4 Å². The Morgan fingerprint density at radius 2 is 1.88 bits per heavy atom. The van der Waals surface area contributed by atoms with Crippen molar-refractivity contribution in [1.29, 1.82) is 0 Å². The Hall–Kier alpha value is -3.76. The molecule has 0 bridgehead atoms. The van der Waals surface area contributed by atoms with E-state index in [1.54, 1.807) is 0 Å². The molecule has 11 heteroatoms. The normalized spacial score (nSPS) is 13.3. The molecule has 3 aromatic heterocycles. The number of rotatable bonds is 4. The number of nitrogens with zero attached hydrogens (tertiary/aromatic N) is 4. The lowest BCUT2D eigenvalue weighted by molar-refractivity contribution is -0.137. The van der Waals surface area contributed by atoms with Gasteiger partial charge in [-0.25, -0.2) is 19.3 Å². The number of nitrogens with one attached hydrogen (secondary N) is 2. The summed E-state index contributed by atoms with van der Waals surface area (Å²) < 4.78 is 54.5. The summed E-state index contributed by atoms with van der Waals surface area (Å²) in [5, 5.41) is 2.94. The maximum Gasteiger partial charge on any atom is 0.416 e. The number of aromatic nitrogens is 5. The van der Waals surface area contributed by atoms with E-state index in [0.29, 0.717) is 28.9 Å². The fourth-order valence-electron chi connectivity index (χ4n) is 3.15. The topological polar surface area (TPSA) is 88.5 Å². The number of hydrogen-bond acceptors (Lipinski definition) is 4. The minimum Gasteiger partial charge on any atom is -0.349 e. The third-order valence-corrected chi connectivity index (χ3v) is 5.67. The first-order valence-electron chi connectivity index (χ1n) is 10.4. The second-order valence-corrected chi connectivity index (χ2v) is 9.05. The summed E-state index contributed by atoms with van der Waals surface area (Å²) in [5.74, 6) is -1.16. The zero-order chi connectivity index (χ0) is 24.8. The van der Waals surface area contributed by atoms with Crippen LogP contribution in [0.4, 0.5) is 17.6 Å². The van der Waals surface area contributed by atoms with Crippen molar-refractivity contribution >= 4 is 17.1 Å². The maximum atomic E-state index is 14.3. The van der Waals surface area contributed by atoms with Crippen molar-refractivity contribution in [1.82, 2.24) is 29.8 Å². The van der Waals surface area contributed by atoms with E-state index < -0.39 is 17.6 Å². The average Bonchev–Trinajstić information content (AvgIpc) is 3.39. The van der Waals surface area contributed by atoms with Gasteiger partial charge < -0.3 is 14.9 Å². The molecule has 7 nitrogen and oxygen atoms in total. The molecule has 1 atom stereocenters. The number of aromatic amines is 1. The van der Waals surface area contributed by atoms with Gasteiger partial charge in [-0.15, -0.1) is 0 Å². The van der Waals surface area contributed by atoms with E-state index in [1.165, 1.54) is 24.9 Å². The molecule has 4 aromatic rings. The Labute approximate surface area is 192 Å². The number of hydrogen-bond donors (Lipinski definition) is 2. The monoisotopic (exact) mass is 474 g/mol. The molecule has 0 fully saturated rings. The minimum atomic E-state index is -4.61. The van der Waals surface area contributed by atoms with Crippen molar-refractivity contribution in [2.75, 3.05) is 0 Å². The first-order chi connectivity index (χ1) is 15.8. The largest absolute Gasteiger partial charge is 0.416 e. The van der Waals surface area contributed by atoms with E-state index in [0.717, 1.165) is 10.6 Å². The van der Waals surface area contributed by atoms with E-state index in [9.17, 15) is 22.4 Å². The number of H-pyrrole nitrogens is 1. The summed E-state index contributed by atoms with van der Waals surface area (Å²) >= 11 is 0. The molecular formula is C23H22F4N6O. The van der Waals surface area contributed by atoms with E-state index in [4.69, 9.17) is 0 Å². The Bertz CT molecular complexity index is 1370. The van der Waals surface area contributed by atoms with Crippen LogP contribution in [0.25, 0.3) is 28.2 Å². The third-order valence-electron chi connectivity index (χ3n) is 5.67. The summed E-state index contributed by atoms with van der Waals surface area (Å²) in [5.41, 5.74) is 0.0936. The Balaban J connectivity index is 1.68. The maximum absolute atomic E-state index is 14.3. The molecule has 4 rings (SSSR count). The van der Waals surface area contributed by atoms with Crippen LogP contribution in [-0.2, 0) is 6.18 Å². The molecular weight excluding hydrogens is 452 g/mol. The van der Waals surface area contributed by atoms with E-state index in [-0.39, 0.29) is 34.4 Å². The lowest BCUT2D eigenvalue weighted by Gasteiger charge is -2.27. The number of alkyl halides is 3. The van der Waals surface area contributed by atoms with Crippen molar-refractivity contribution < 1.29 is 22.4 Å². The van der Waals surface area contributed by atoms with E-state index in [1.807, 2.05) is 27.7 Å². The Morgan fingerprint density at radius 3 is 2.56 bits per heavy atom. The summed E-state index contributed by atoms with van der Waals surface area (Å²) in [6.45, 7) is 7.93. The van der Waals surface area contributed by atoms with Gasteiger partial charge in [-0.05, 0) is 30.5 Å². The number of imidazole rings is 1. The van der Waals surface area contributed by atoms with Crippen LogP contribution in [0.3, 0.4) is 0 Å². The molecule has 0 aliphatic heterocycles. The Morgan fingerprint density at radius 1 is 1.15 bits per heavy atom. The molecule has 178 valence electrons. The fourth-order valence-corrected chi connectivity index (χ4v) is 3.15. The molecule has 0 radical (unpaired) electrons. The highest BCUT2D eigenvalue weighted by Gasteiger charge is 2.31. The fraction of sp³-hybridized carbons (Fsp3) is 0.304. The van der Waals surface area contributed by atoms with Gasteiger partial charge in [0.25, 0.3) is 5.91 Å². The van der Waals surface area contributed by atoms with Crippen molar-refractivity contribution in [3.8, 4) is 17.1 Å². The van der Waals surface area contributed by atoms with E-state index in [2.05, 4.69) is 25.3 Å². The molecule has 2 N–H and O–H groups in total. The lowest BCUT2D eigenvalue weighted by atomic mass is 9.88. The third kappa shape index (κ3) is 4.50. The number of benzene rings is 1. The van der Waals surface area contributed by atoms with Gasteiger partial charge in [0.2, 0.25) is 0 Å². The van der Waals surface area contributed by atoms with Gasteiger partial charge in [-0.2, -0.15) is 13.2 Å². The van der Waals surface area contributed by atoms with Crippen molar-refractivity contribution in [3.05, 3.63) is 60.1 Å². The number of halogens is 4. The van der Waals surface area contributed by atoms with Crippen LogP contribution in [0.15, 0.2) is 43.1 Å². The molecule has 1 unspecified atom stereocenters. The molecule has 0 aliphatic carbocycles. The van der Waals surface area contributed by atoms with Gasteiger partial charge in [0.1, 0.15) is 29.0 Å². The van der Waals surface area contributed by atoms with E-state index >= 15 is 0 Å². The summed E-state index contributed by atoms with van der Waals surface area (Å²) in [4.78, 5) is 28.6. The zero-order valence-corrected chi connectivity index (χ0v) is 18.8. The van der Waals surface area contributed by atoms with Crippen LogP contribution >= 0.6 is 0 Å². The van der Waals surface area contributed by atoms with Crippen LogP contribution in [0.1, 0.15) is 43.6 Å². The summed E-state index contributed by atoms with van der Waals surface area (Å²) in [6.07, 6.45) is 0.847. The molecule has 0 aliphatic rings. The molecule has 0 saturated heterocycles. The van der Waals surface area contributed by atoms with Gasteiger partial charge in [-0.1, -0.05) is 20.8 Å². The second-order valence-electron chi connectivity index (χ2n) is 9.05. The molecule has 34 heavy (non-hydrogen) atoms. The molecule has 0 saturated carbocycles. The highest BCUT2D eigenvalue weighted by atomic mass is 19.4. The quantitative estimate of drug-likeness (QED) is 0.401. The van der Waals surface area contributed by atoms with Crippen LogP contribution in [0.5, 0.6) is 0 Å². The predicted molar refractivity (Wildman–Crippen MR) is 118 cm³/mol. The smallest absolute Gasteiger partial charge is 0.349 e. The summed E-state index contributed by atoms with van der Waals surface area (Å²) in [6, 6.07) is 2.03.